The molecule has 1 fully saturated rings. The number of thioether (sulfide) groups is 1. The van der Waals surface area contributed by atoms with Crippen molar-refractivity contribution >= 4 is 11.8 Å². The molecule has 0 aliphatic carbocycles. The number of nitrogens with one attached hydrogen (secondary N) is 1. The lowest BCUT2D eigenvalue weighted by atomic mass is 9.90. The van der Waals surface area contributed by atoms with Gasteiger partial charge in [-0.05, 0) is 29.8 Å². The van der Waals surface area contributed by atoms with Crippen molar-refractivity contribution in [1.29, 1.82) is 0 Å². The van der Waals surface area contributed by atoms with Gasteiger partial charge >= 0.3 is 0 Å². The highest BCUT2D eigenvalue weighted by Gasteiger charge is 2.22. The fourth-order valence-electron chi connectivity index (χ4n) is 3.04. The normalized spacial score (nSPS) is 25.4. The van der Waals surface area contributed by atoms with E-state index in [-0.39, 0.29) is 0 Å². The van der Waals surface area contributed by atoms with Gasteiger partial charge in [0.25, 0.3) is 0 Å². The van der Waals surface area contributed by atoms with Crippen LogP contribution in [0.5, 0.6) is 0 Å². The minimum atomic E-state index is 0.679. The van der Waals surface area contributed by atoms with E-state index in [2.05, 4.69) is 46.2 Å². The number of benzene rings is 1. The summed E-state index contributed by atoms with van der Waals surface area (Å²) in [7, 11) is 0. The first-order valence-corrected chi connectivity index (χ1v) is 8.17. The molecule has 1 aromatic rings. The molecule has 0 amide bonds. The summed E-state index contributed by atoms with van der Waals surface area (Å²) in [5, 5.41) is 3.56. The summed E-state index contributed by atoms with van der Waals surface area (Å²) in [4.78, 5) is 2.66. The molecule has 3 heteroatoms. The van der Waals surface area contributed by atoms with Crippen molar-refractivity contribution < 1.29 is 0 Å². The molecule has 1 unspecified atom stereocenters. The zero-order chi connectivity index (χ0) is 12.2. The van der Waals surface area contributed by atoms with Crippen LogP contribution in [-0.2, 0) is 6.54 Å². The average molecular weight is 262 g/mol. The van der Waals surface area contributed by atoms with E-state index < -0.39 is 0 Å². The van der Waals surface area contributed by atoms with Crippen LogP contribution >= 0.6 is 11.8 Å². The first-order valence-electron chi connectivity index (χ1n) is 7.02. The zero-order valence-electron chi connectivity index (χ0n) is 10.9. The number of hydrogen-bond acceptors (Lipinski definition) is 3. The van der Waals surface area contributed by atoms with E-state index in [1.54, 1.807) is 5.56 Å². The molecular weight excluding hydrogens is 240 g/mol. The smallest absolute Gasteiger partial charge is 0.0208 e. The highest BCUT2D eigenvalue weighted by Crippen LogP contribution is 2.25. The van der Waals surface area contributed by atoms with Crippen molar-refractivity contribution in [3.8, 4) is 0 Å². The molecule has 98 valence electrons. The monoisotopic (exact) mass is 262 g/mol. The summed E-state index contributed by atoms with van der Waals surface area (Å²) < 4.78 is 0. The van der Waals surface area contributed by atoms with Gasteiger partial charge in [0.1, 0.15) is 0 Å². The second kappa shape index (κ2) is 6.09. The van der Waals surface area contributed by atoms with Gasteiger partial charge in [-0.2, -0.15) is 11.8 Å². The molecule has 3 rings (SSSR count). The topological polar surface area (TPSA) is 15.3 Å². The maximum atomic E-state index is 3.56. The largest absolute Gasteiger partial charge is 0.312 e. The molecule has 1 aromatic carbocycles. The molecule has 1 atom stereocenters. The fourth-order valence-corrected chi connectivity index (χ4v) is 3.96. The number of nitrogens with zero attached hydrogens (tertiary/aromatic N) is 1. The Morgan fingerprint density at radius 3 is 3.17 bits per heavy atom. The van der Waals surface area contributed by atoms with Crippen LogP contribution in [0.2, 0.25) is 0 Å². The minimum Gasteiger partial charge on any atom is -0.312 e. The molecule has 2 nitrogen and oxygen atoms in total. The number of rotatable bonds is 2. The molecule has 1 saturated heterocycles. The van der Waals surface area contributed by atoms with Crippen LogP contribution in [0, 0.1) is 0 Å². The quantitative estimate of drug-likeness (QED) is 0.880. The first-order chi connectivity index (χ1) is 8.93. The minimum absolute atomic E-state index is 0.679. The molecule has 0 spiro atoms. The van der Waals surface area contributed by atoms with Gasteiger partial charge in [0.2, 0.25) is 0 Å². The van der Waals surface area contributed by atoms with Gasteiger partial charge in [-0.1, -0.05) is 24.3 Å². The lowest BCUT2D eigenvalue weighted by Crippen LogP contribution is -2.37. The molecule has 2 aliphatic rings. The number of fused-ring (bicyclic) bond motifs is 1. The summed E-state index contributed by atoms with van der Waals surface area (Å²) in [5.74, 6) is 3.33. The molecule has 2 aliphatic heterocycles. The van der Waals surface area contributed by atoms with E-state index >= 15 is 0 Å². The molecule has 0 aromatic heterocycles. The standard InChI is InChI=1S/C15H22N2S/c1-2-5-15-13(4-1)10-16-11-14(15)12-17-6-3-8-18-9-7-17/h1-2,4-5,14,16H,3,6-12H2. The third-order valence-electron chi connectivity index (χ3n) is 3.99. The molecule has 1 N–H and O–H groups in total. The average Bonchev–Trinajstić information content (AvgIpc) is 2.68. The summed E-state index contributed by atoms with van der Waals surface area (Å²) in [6, 6.07) is 8.95. The summed E-state index contributed by atoms with van der Waals surface area (Å²) in [5.41, 5.74) is 3.08. The van der Waals surface area contributed by atoms with Gasteiger partial charge < -0.3 is 10.2 Å². The van der Waals surface area contributed by atoms with Crippen molar-refractivity contribution in [2.45, 2.75) is 18.9 Å². The second-order valence-corrected chi connectivity index (χ2v) is 6.52. The maximum absolute atomic E-state index is 3.56. The van der Waals surface area contributed by atoms with Gasteiger partial charge in [0, 0.05) is 37.8 Å². The lowest BCUT2D eigenvalue weighted by Gasteiger charge is -2.31. The summed E-state index contributed by atoms with van der Waals surface area (Å²) in [6.45, 7) is 5.96. The fraction of sp³-hybridized carbons (Fsp3) is 0.600. The SMILES string of the molecule is c1ccc2c(c1)CNCC2CN1CCCSCC1. The van der Waals surface area contributed by atoms with Crippen molar-refractivity contribution in [2.75, 3.05) is 37.7 Å². The van der Waals surface area contributed by atoms with Crippen LogP contribution in [-0.4, -0.2) is 42.6 Å². The van der Waals surface area contributed by atoms with E-state index in [0.717, 1.165) is 13.1 Å². The number of hydrogen-bond donors (Lipinski definition) is 1. The van der Waals surface area contributed by atoms with E-state index in [9.17, 15) is 0 Å². The van der Waals surface area contributed by atoms with E-state index in [1.165, 1.54) is 43.1 Å². The molecular formula is C15H22N2S. The molecule has 0 bridgehead atoms. The van der Waals surface area contributed by atoms with Crippen molar-refractivity contribution in [2.24, 2.45) is 0 Å². The van der Waals surface area contributed by atoms with E-state index in [4.69, 9.17) is 0 Å². The molecule has 2 heterocycles. The Kier molecular flexibility index (Phi) is 4.24. The van der Waals surface area contributed by atoms with Crippen LogP contribution in [0.4, 0.5) is 0 Å². The van der Waals surface area contributed by atoms with Crippen LogP contribution in [0.25, 0.3) is 0 Å². The highest BCUT2D eigenvalue weighted by molar-refractivity contribution is 7.99. The van der Waals surface area contributed by atoms with Gasteiger partial charge in [-0.15, -0.1) is 0 Å². The Morgan fingerprint density at radius 1 is 1.22 bits per heavy atom. The Labute approximate surface area is 114 Å². The van der Waals surface area contributed by atoms with Gasteiger partial charge in [0.15, 0.2) is 0 Å². The van der Waals surface area contributed by atoms with E-state index in [0.29, 0.717) is 5.92 Å². The highest BCUT2D eigenvalue weighted by atomic mass is 32.2. The van der Waals surface area contributed by atoms with Crippen molar-refractivity contribution in [1.82, 2.24) is 10.2 Å². The molecule has 0 radical (unpaired) electrons. The van der Waals surface area contributed by atoms with Crippen LogP contribution < -0.4 is 5.32 Å². The van der Waals surface area contributed by atoms with Crippen LogP contribution in [0.15, 0.2) is 24.3 Å². The Balaban J connectivity index is 1.69. The second-order valence-electron chi connectivity index (χ2n) is 5.29. The van der Waals surface area contributed by atoms with Crippen molar-refractivity contribution in [3.05, 3.63) is 35.4 Å². The van der Waals surface area contributed by atoms with Gasteiger partial charge in [0.05, 0.1) is 0 Å². The zero-order valence-corrected chi connectivity index (χ0v) is 11.7. The predicted molar refractivity (Wildman–Crippen MR) is 79.3 cm³/mol. The lowest BCUT2D eigenvalue weighted by molar-refractivity contribution is 0.268. The Morgan fingerprint density at radius 2 is 2.17 bits per heavy atom. The Bertz CT molecular complexity index is 386. The molecule has 18 heavy (non-hydrogen) atoms. The first kappa shape index (κ1) is 12.5. The third-order valence-corrected chi connectivity index (χ3v) is 5.04. The van der Waals surface area contributed by atoms with Gasteiger partial charge in [-0.3, -0.25) is 0 Å². The van der Waals surface area contributed by atoms with Crippen molar-refractivity contribution in [3.63, 3.8) is 0 Å². The van der Waals surface area contributed by atoms with Crippen LogP contribution in [0.3, 0.4) is 0 Å². The third kappa shape index (κ3) is 2.90. The van der Waals surface area contributed by atoms with Gasteiger partial charge in [-0.25, -0.2) is 0 Å². The van der Waals surface area contributed by atoms with E-state index in [1.807, 2.05) is 0 Å². The predicted octanol–water partition coefficient (Wildman–Crippen LogP) is 2.31. The molecule has 0 saturated carbocycles. The summed E-state index contributed by atoms with van der Waals surface area (Å²) >= 11 is 2.11. The summed E-state index contributed by atoms with van der Waals surface area (Å²) in [6.07, 6.45) is 1.35. The van der Waals surface area contributed by atoms with Crippen LogP contribution in [0.1, 0.15) is 23.5 Å². The maximum Gasteiger partial charge on any atom is 0.0208 e. The Hall–Kier alpha value is -0.510.